The minimum atomic E-state index is -4.59. The molecule has 0 bridgehead atoms. The van der Waals surface area contributed by atoms with E-state index in [0.29, 0.717) is 23.7 Å². The van der Waals surface area contributed by atoms with Crippen molar-refractivity contribution in [3.63, 3.8) is 0 Å². The summed E-state index contributed by atoms with van der Waals surface area (Å²) in [4.78, 5) is 25.5. The molecule has 1 aromatic heterocycles. The summed E-state index contributed by atoms with van der Waals surface area (Å²) in [6, 6.07) is -0.103. The maximum atomic E-state index is 12.6. The molecule has 1 aliphatic rings. The van der Waals surface area contributed by atoms with Crippen molar-refractivity contribution < 1.29 is 22.8 Å². The number of hydrogen-bond acceptors (Lipinski definition) is 6. The first kappa shape index (κ1) is 21.5. The zero-order valence-electron chi connectivity index (χ0n) is 15.4. The molecular weight excluding hydrogens is 381 g/mol. The number of aromatic nitrogens is 2. The zero-order valence-corrected chi connectivity index (χ0v) is 16.2. The van der Waals surface area contributed by atoms with Crippen LogP contribution >= 0.6 is 11.3 Å². The SMILES string of the molecule is CC(C)C[C@@H](/C=C/C(=O)N(C)c1nnc(C(F)(F)F)s1)CC(=O)[C@@H]1CCN1. The molecule has 0 saturated carbocycles. The Morgan fingerprint density at radius 3 is 2.52 bits per heavy atom. The van der Waals surface area contributed by atoms with E-state index >= 15 is 0 Å². The standard InChI is InChI=1S/C17H23F3N4O2S/c1-10(2)8-11(9-13(25)12-6-7-21-12)4-5-14(26)24(3)16-23-22-15(27-16)17(18,19)20/h4-5,10-12,21H,6-9H2,1-3H3/b5-4+/t11-,12+/m1/s1. The molecule has 0 radical (unpaired) electrons. The van der Waals surface area contributed by atoms with Crippen LogP contribution in [0.5, 0.6) is 0 Å². The van der Waals surface area contributed by atoms with E-state index in [1.54, 1.807) is 6.08 Å². The molecule has 150 valence electrons. The third-order valence-corrected chi connectivity index (χ3v) is 5.28. The third-order valence-electron chi connectivity index (χ3n) is 4.24. The van der Waals surface area contributed by atoms with Crippen LogP contribution in [0, 0.1) is 11.8 Å². The molecule has 2 atom stereocenters. The quantitative estimate of drug-likeness (QED) is 0.674. The van der Waals surface area contributed by atoms with Gasteiger partial charge in [-0.1, -0.05) is 31.3 Å². The predicted octanol–water partition coefficient (Wildman–Crippen LogP) is 3.06. The molecule has 2 heterocycles. The summed E-state index contributed by atoms with van der Waals surface area (Å²) < 4.78 is 37.8. The smallest absolute Gasteiger partial charge is 0.307 e. The minimum Gasteiger partial charge on any atom is -0.307 e. The number of ketones is 1. The van der Waals surface area contributed by atoms with Crippen molar-refractivity contribution in [2.45, 2.75) is 45.3 Å². The second-order valence-corrected chi connectivity index (χ2v) is 7.96. The van der Waals surface area contributed by atoms with Gasteiger partial charge in [-0.15, -0.1) is 10.2 Å². The molecule has 1 aromatic rings. The van der Waals surface area contributed by atoms with Crippen LogP contribution in [-0.2, 0) is 15.8 Å². The first-order chi connectivity index (χ1) is 12.6. The highest BCUT2D eigenvalue weighted by molar-refractivity contribution is 7.15. The van der Waals surface area contributed by atoms with Gasteiger partial charge in [0, 0.05) is 13.5 Å². The number of alkyl halides is 3. The molecule has 27 heavy (non-hydrogen) atoms. The van der Waals surface area contributed by atoms with E-state index in [1.807, 2.05) is 13.8 Å². The first-order valence-corrected chi connectivity index (χ1v) is 9.52. The van der Waals surface area contributed by atoms with Crippen LogP contribution in [0.3, 0.4) is 0 Å². The van der Waals surface area contributed by atoms with Gasteiger partial charge >= 0.3 is 6.18 Å². The van der Waals surface area contributed by atoms with E-state index in [-0.39, 0.29) is 22.9 Å². The highest BCUT2D eigenvalue weighted by Gasteiger charge is 2.36. The predicted molar refractivity (Wildman–Crippen MR) is 96.4 cm³/mol. The van der Waals surface area contributed by atoms with E-state index in [1.165, 1.54) is 13.1 Å². The van der Waals surface area contributed by atoms with Crippen LogP contribution in [-0.4, -0.2) is 41.5 Å². The van der Waals surface area contributed by atoms with Crippen molar-refractivity contribution in [2.75, 3.05) is 18.5 Å². The lowest BCUT2D eigenvalue weighted by Crippen LogP contribution is -2.48. The number of carbonyl (C=O) groups is 2. The Balaban J connectivity index is 2.01. The fraction of sp³-hybridized carbons (Fsp3) is 0.647. The second-order valence-electron chi connectivity index (χ2n) is 7.00. The maximum absolute atomic E-state index is 12.6. The van der Waals surface area contributed by atoms with Gasteiger partial charge in [-0.3, -0.25) is 14.5 Å². The minimum absolute atomic E-state index is 0.0996. The van der Waals surface area contributed by atoms with Gasteiger partial charge < -0.3 is 5.32 Å². The van der Waals surface area contributed by atoms with Crippen LogP contribution in [0.1, 0.15) is 38.1 Å². The number of amides is 1. The maximum Gasteiger partial charge on any atom is 0.445 e. The molecule has 6 nitrogen and oxygen atoms in total. The zero-order chi connectivity index (χ0) is 20.2. The van der Waals surface area contributed by atoms with Crippen molar-refractivity contribution in [3.8, 4) is 0 Å². The van der Waals surface area contributed by atoms with Gasteiger partial charge in [0.2, 0.25) is 10.1 Å². The van der Waals surface area contributed by atoms with Crippen LogP contribution in [0.2, 0.25) is 0 Å². The van der Waals surface area contributed by atoms with Crippen molar-refractivity contribution in [1.29, 1.82) is 0 Å². The molecule has 1 aliphatic heterocycles. The molecule has 1 amide bonds. The molecule has 0 aliphatic carbocycles. The number of allylic oxidation sites excluding steroid dienone is 1. The summed E-state index contributed by atoms with van der Waals surface area (Å²) in [5, 5.41) is 8.34. The van der Waals surface area contributed by atoms with E-state index in [9.17, 15) is 22.8 Å². The van der Waals surface area contributed by atoms with E-state index in [4.69, 9.17) is 0 Å². The average Bonchev–Trinajstić information content (AvgIpc) is 2.99. The normalized spacial score (nSPS) is 18.6. The summed E-state index contributed by atoms with van der Waals surface area (Å²) in [6.07, 6.45) is 0.277. The number of nitrogens with zero attached hydrogens (tertiary/aromatic N) is 3. The van der Waals surface area contributed by atoms with Gasteiger partial charge in [0.15, 0.2) is 0 Å². The van der Waals surface area contributed by atoms with Gasteiger partial charge in [-0.05, 0) is 37.3 Å². The first-order valence-electron chi connectivity index (χ1n) is 8.70. The lowest BCUT2D eigenvalue weighted by molar-refractivity contribution is -0.138. The second kappa shape index (κ2) is 8.92. The van der Waals surface area contributed by atoms with Gasteiger partial charge in [0.05, 0.1) is 6.04 Å². The molecular formula is C17H23F3N4O2S. The number of halogens is 3. The van der Waals surface area contributed by atoms with E-state index in [2.05, 4.69) is 15.5 Å². The molecule has 10 heteroatoms. The fourth-order valence-electron chi connectivity index (χ4n) is 2.69. The van der Waals surface area contributed by atoms with Gasteiger partial charge in [-0.2, -0.15) is 13.2 Å². The van der Waals surface area contributed by atoms with Crippen LogP contribution in [0.15, 0.2) is 12.2 Å². The topological polar surface area (TPSA) is 75.2 Å². The van der Waals surface area contributed by atoms with Crippen LogP contribution in [0.25, 0.3) is 0 Å². The molecule has 2 rings (SSSR count). The van der Waals surface area contributed by atoms with Gasteiger partial charge in [0.25, 0.3) is 5.91 Å². The van der Waals surface area contributed by atoms with Crippen molar-refractivity contribution >= 4 is 28.2 Å². The Hall–Kier alpha value is -1.81. The van der Waals surface area contributed by atoms with Crippen molar-refractivity contribution in [2.24, 2.45) is 11.8 Å². The van der Waals surface area contributed by atoms with Gasteiger partial charge in [0.1, 0.15) is 5.78 Å². The average molecular weight is 404 g/mol. The highest BCUT2D eigenvalue weighted by atomic mass is 32.1. The van der Waals surface area contributed by atoms with Crippen molar-refractivity contribution in [3.05, 3.63) is 17.2 Å². The number of likely N-dealkylation sites (N-methyl/N-ethyl adjacent to an activating group) is 1. The molecule has 0 unspecified atom stereocenters. The number of rotatable bonds is 8. The number of nitrogens with one attached hydrogen (secondary N) is 1. The van der Waals surface area contributed by atoms with Crippen molar-refractivity contribution in [1.82, 2.24) is 15.5 Å². The Morgan fingerprint density at radius 1 is 1.37 bits per heavy atom. The molecule has 0 spiro atoms. The molecule has 1 fully saturated rings. The molecule has 1 N–H and O–H groups in total. The Kier molecular flexibility index (Phi) is 7.10. The lowest BCUT2D eigenvalue weighted by Gasteiger charge is -2.27. The summed E-state index contributed by atoms with van der Waals surface area (Å²) >= 11 is 0.308. The number of Topliss-reactive ketones (excluding diaryl/α,β-unsaturated/α-hetero) is 1. The monoisotopic (exact) mass is 404 g/mol. The lowest BCUT2D eigenvalue weighted by atomic mass is 9.88. The van der Waals surface area contributed by atoms with E-state index in [0.717, 1.165) is 24.3 Å². The Labute approximate surface area is 159 Å². The fourth-order valence-corrected chi connectivity index (χ4v) is 3.37. The number of hydrogen-bond donors (Lipinski definition) is 1. The third kappa shape index (κ3) is 6.10. The van der Waals surface area contributed by atoms with Crippen LogP contribution in [0.4, 0.5) is 18.3 Å². The summed E-state index contributed by atoms with van der Waals surface area (Å²) in [5.74, 6) is -0.149. The Morgan fingerprint density at radius 2 is 2.04 bits per heavy atom. The van der Waals surface area contributed by atoms with E-state index < -0.39 is 17.1 Å². The Bertz CT molecular complexity index is 699. The summed E-state index contributed by atoms with van der Waals surface area (Å²) in [7, 11) is 1.34. The number of carbonyl (C=O) groups excluding carboxylic acids is 2. The van der Waals surface area contributed by atoms with Crippen LogP contribution < -0.4 is 10.2 Å². The van der Waals surface area contributed by atoms with Gasteiger partial charge in [-0.25, -0.2) is 0 Å². The number of anilines is 1. The highest BCUT2D eigenvalue weighted by Crippen LogP contribution is 2.34. The largest absolute Gasteiger partial charge is 0.445 e. The summed E-state index contributed by atoms with van der Waals surface area (Å²) in [5.41, 5.74) is 0. The molecule has 1 saturated heterocycles. The molecule has 0 aromatic carbocycles. The summed E-state index contributed by atoms with van der Waals surface area (Å²) in [6.45, 7) is 4.90.